The zero-order valence-corrected chi connectivity index (χ0v) is 7.59. The van der Waals surface area contributed by atoms with E-state index in [0.717, 1.165) is 5.75 Å². The van der Waals surface area contributed by atoms with Gasteiger partial charge in [-0.05, 0) is 17.7 Å². The SMILES string of the molecule is C1=CC2C=CC1OOc1ccc2cc1. The van der Waals surface area contributed by atoms with E-state index in [-0.39, 0.29) is 6.10 Å². The van der Waals surface area contributed by atoms with Crippen molar-refractivity contribution in [3.8, 4) is 5.75 Å². The fraction of sp³-hybridized carbons (Fsp3) is 0.167. The monoisotopic (exact) mass is 186 g/mol. The van der Waals surface area contributed by atoms with E-state index >= 15 is 0 Å². The van der Waals surface area contributed by atoms with Crippen LogP contribution in [0.1, 0.15) is 11.5 Å². The van der Waals surface area contributed by atoms with Crippen LogP contribution in [0.15, 0.2) is 48.6 Å². The lowest BCUT2D eigenvalue weighted by atomic mass is 9.94. The molecule has 0 radical (unpaired) electrons. The quantitative estimate of drug-likeness (QED) is 0.458. The summed E-state index contributed by atoms with van der Waals surface area (Å²) in [7, 11) is 0. The second-order valence-corrected chi connectivity index (χ2v) is 3.51. The summed E-state index contributed by atoms with van der Waals surface area (Å²) in [6.45, 7) is 0. The Morgan fingerprint density at radius 2 is 1.57 bits per heavy atom. The zero-order valence-electron chi connectivity index (χ0n) is 7.59. The highest BCUT2D eigenvalue weighted by atomic mass is 17.2. The highest BCUT2D eigenvalue weighted by molar-refractivity contribution is 5.36. The molecule has 1 aromatic rings. The van der Waals surface area contributed by atoms with Crippen molar-refractivity contribution in [2.24, 2.45) is 0 Å². The van der Waals surface area contributed by atoms with Gasteiger partial charge in [-0.15, -0.1) is 0 Å². The number of benzene rings is 1. The topological polar surface area (TPSA) is 18.5 Å². The Labute approximate surface area is 82.4 Å². The Morgan fingerprint density at radius 1 is 0.857 bits per heavy atom. The van der Waals surface area contributed by atoms with Crippen LogP contribution in [0.25, 0.3) is 0 Å². The van der Waals surface area contributed by atoms with E-state index < -0.39 is 0 Å². The number of hydrogen-bond donors (Lipinski definition) is 0. The molecule has 70 valence electrons. The van der Waals surface area contributed by atoms with E-state index in [2.05, 4.69) is 24.3 Å². The van der Waals surface area contributed by atoms with Crippen molar-refractivity contribution in [2.75, 3.05) is 0 Å². The summed E-state index contributed by atoms with van der Waals surface area (Å²) in [5, 5.41) is 0. The third-order valence-corrected chi connectivity index (χ3v) is 2.54. The van der Waals surface area contributed by atoms with Crippen molar-refractivity contribution < 1.29 is 9.78 Å². The fourth-order valence-corrected chi connectivity index (χ4v) is 1.73. The molecule has 0 unspecified atom stereocenters. The first kappa shape index (κ1) is 7.83. The molecule has 6 rings (SSSR count). The molecule has 0 spiro atoms. The molecule has 2 nitrogen and oxygen atoms in total. The summed E-state index contributed by atoms with van der Waals surface area (Å²) in [6, 6.07) is 7.98. The van der Waals surface area contributed by atoms with Gasteiger partial charge in [-0.1, -0.05) is 36.4 Å². The number of rotatable bonds is 0. The molecule has 14 heavy (non-hydrogen) atoms. The standard InChI is InChI=1S/C12H10O2/c1-5-11-6-2-9(1)10-3-7-12(8-4-10)14-13-11/h1-9,11H. The first-order chi connectivity index (χ1) is 6.92. The van der Waals surface area contributed by atoms with Gasteiger partial charge in [-0.25, -0.2) is 0 Å². The van der Waals surface area contributed by atoms with Crippen LogP contribution >= 0.6 is 0 Å². The van der Waals surface area contributed by atoms with Gasteiger partial charge in [0.1, 0.15) is 6.10 Å². The first-order valence-electron chi connectivity index (χ1n) is 4.72. The van der Waals surface area contributed by atoms with Crippen LogP contribution in [0.4, 0.5) is 0 Å². The molecular weight excluding hydrogens is 176 g/mol. The van der Waals surface area contributed by atoms with Gasteiger partial charge < -0.3 is 4.89 Å². The molecule has 4 aliphatic heterocycles. The van der Waals surface area contributed by atoms with E-state index in [1.165, 1.54) is 5.56 Å². The van der Waals surface area contributed by atoms with Crippen LogP contribution in [-0.2, 0) is 4.89 Å². The highest BCUT2D eigenvalue weighted by Crippen LogP contribution is 2.27. The number of allylic oxidation sites excluding steroid dienone is 2. The molecule has 0 atom stereocenters. The molecule has 2 heteroatoms. The van der Waals surface area contributed by atoms with Gasteiger partial charge in [0.05, 0.1) is 0 Å². The molecule has 0 aromatic heterocycles. The predicted octanol–water partition coefficient (Wildman–Crippen LogP) is 2.59. The van der Waals surface area contributed by atoms with E-state index in [4.69, 9.17) is 9.78 Å². The third-order valence-electron chi connectivity index (χ3n) is 2.54. The molecule has 4 heterocycles. The van der Waals surface area contributed by atoms with Crippen LogP contribution in [0.2, 0.25) is 0 Å². The van der Waals surface area contributed by atoms with Crippen LogP contribution in [0.5, 0.6) is 5.75 Å². The van der Waals surface area contributed by atoms with Gasteiger partial charge in [0.15, 0.2) is 5.75 Å². The molecule has 0 saturated carbocycles. The van der Waals surface area contributed by atoms with Gasteiger partial charge in [0.2, 0.25) is 0 Å². The molecule has 4 bridgehead atoms. The molecule has 1 aromatic carbocycles. The summed E-state index contributed by atoms with van der Waals surface area (Å²) in [5.74, 6) is 1.13. The van der Waals surface area contributed by atoms with Gasteiger partial charge in [0, 0.05) is 5.92 Å². The first-order valence-corrected chi connectivity index (χ1v) is 4.72. The van der Waals surface area contributed by atoms with Crippen molar-refractivity contribution in [1.29, 1.82) is 0 Å². The zero-order chi connectivity index (χ0) is 9.38. The van der Waals surface area contributed by atoms with Crippen LogP contribution < -0.4 is 4.89 Å². The average Bonchev–Trinajstić information content (AvgIpc) is 2.30. The van der Waals surface area contributed by atoms with Crippen molar-refractivity contribution in [2.45, 2.75) is 12.0 Å². The second-order valence-electron chi connectivity index (χ2n) is 3.51. The second kappa shape index (κ2) is 3.00. The van der Waals surface area contributed by atoms with E-state index in [1.54, 1.807) is 0 Å². The van der Waals surface area contributed by atoms with Gasteiger partial charge >= 0.3 is 0 Å². The van der Waals surface area contributed by atoms with Gasteiger partial charge in [-0.2, -0.15) is 4.89 Å². The van der Waals surface area contributed by atoms with Gasteiger partial charge in [0.25, 0.3) is 0 Å². The molecule has 5 aliphatic rings. The maximum absolute atomic E-state index is 5.21. The van der Waals surface area contributed by atoms with E-state index in [0.29, 0.717) is 5.92 Å². The lowest BCUT2D eigenvalue weighted by Gasteiger charge is -2.19. The molecule has 1 aliphatic carbocycles. The summed E-state index contributed by atoms with van der Waals surface area (Å²) in [6.07, 6.45) is 8.24. The maximum Gasteiger partial charge on any atom is 0.165 e. The van der Waals surface area contributed by atoms with Crippen molar-refractivity contribution in [3.05, 3.63) is 54.1 Å². The minimum atomic E-state index is -0.0551. The molecule has 0 fully saturated rings. The Morgan fingerprint density at radius 3 is 2.29 bits per heavy atom. The lowest BCUT2D eigenvalue weighted by molar-refractivity contribution is -0.219. The van der Waals surface area contributed by atoms with Crippen molar-refractivity contribution >= 4 is 0 Å². The fourth-order valence-electron chi connectivity index (χ4n) is 1.73. The molecule has 0 N–H and O–H groups in total. The van der Waals surface area contributed by atoms with Crippen LogP contribution in [0.3, 0.4) is 0 Å². The minimum Gasteiger partial charge on any atom is -0.337 e. The Kier molecular flexibility index (Phi) is 1.67. The Bertz CT molecular complexity index is 375. The van der Waals surface area contributed by atoms with E-state index in [1.807, 2.05) is 24.3 Å². The normalized spacial score (nSPS) is 27.7. The molecule has 0 saturated heterocycles. The van der Waals surface area contributed by atoms with Gasteiger partial charge in [-0.3, -0.25) is 0 Å². The minimum absolute atomic E-state index is 0.0551. The summed E-state index contributed by atoms with van der Waals surface area (Å²) in [5.41, 5.74) is 1.28. The highest BCUT2D eigenvalue weighted by Gasteiger charge is 2.15. The van der Waals surface area contributed by atoms with Crippen LogP contribution in [0, 0.1) is 0 Å². The van der Waals surface area contributed by atoms with Crippen LogP contribution in [-0.4, -0.2) is 6.10 Å². The lowest BCUT2D eigenvalue weighted by Crippen LogP contribution is -2.14. The Hall–Kier alpha value is -1.54. The summed E-state index contributed by atoms with van der Waals surface area (Å²) < 4.78 is 0. The Balaban J connectivity index is 2.10. The summed E-state index contributed by atoms with van der Waals surface area (Å²) >= 11 is 0. The average molecular weight is 186 g/mol. The predicted molar refractivity (Wildman–Crippen MR) is 53.0 cm³/mol. The van der Waals surface area contributed by atoms with E-state index in [9.17, 15) is 0 Å². The van der Waals surface area contributed by atoms with Crippen molar-refractivity contribution in [3.63, 3.8) is 0 Å². The smallest absolute Gasteiger partial charge is 0.165 e. The largest absolute Gasteiger partial charge is 0.337 e. The van der Waals surface area contributed by atoms with Crippen molar-refractivity contribution in [1.82, 2.24) is 0 Å². The summed E-state index contributed by atoms with van der Waals surface area (Å²) in [4.78, 5) is 10.4. The number of hydrogen-bond acceptors (Lipinski definition) is 2. The molecule has 0 amide bonds. The molecular formula is C12H10O2. The maximum atomic E-state index is 5.21. The third kappa shape index (κ3) is 1.24.